The minimum absolute atomic E-state index is 0.138. The molecule has 1 saturated heterocycles. The van der Waals surface area contributed by atoms with Gasteiger partial charge in [0.25, 0.3) is 0 Å². The van der Waals surface area contributed by atoms with E-state index >= 15 is 0 Å². The van der Waals surface area contributed by atoms with Crippen LogP contribution in [0.15, 0.2) is 54.6 Å². The van der Waals surface area contributed by atoms with Gasteiger partial charge in [-0.3, -0.25) is 4.79 Å². The molecule has 1 heterocycles. The molecule has 6 nitrogen and oxygen atoms in total. The summed E-state index contributed by atoms with van der Waals surface area (Å²) in [6.07, 6.45) is -0.391. The van der Waals surface area contributed by atoms with Crippen molar-refractivity contribution in [3.8, 4) is 5.75 Å². The van der Waals surface area contributed by atoms with Crippen LogP contribution in [0, 0.1) is 0 Å². The molecule has 1 fully saturated rings. The molecule has 1 aliphatic heterocycles. The lowest BCUT2D eigenvalue weighted by atomic mass is 10.1. The molecule has 2 N–H and O–H groups in total. The van der Waals surface area contributed by atoms with Gasteiger partial charge >= 0.3 is 0 Å². The van der Waals surface area contributed by atoms with Gasteiger partial charge in [-0.05, 0) is 43.7 Å². The summed E-state index contributed by atoms with van der Waals surface area (Å²) >= 11 is 0. The fourth-order valence-electron chi connectivity index (χ4n) is 2.97. The van der Waals surface area contributed by atoms with E-state index in [4.69, 9.17) is 14.2 Å². The predicted octanol–water partition coefficient (Wildman–Crippen LogP) is 2.94. The van der Waals surface area contributed by atoms with Crippen molar-refractivity contribution in [1.29, 1.82) is 0 Å². The van der Waals surface area contributed by atoms with Crippen molar-refractivity contribution in [2.45, 2.75) is 38.3 Å². The molecule has 0 bridgehead atoms. The highest BCUT2D eigenvalue weighted by atomic mass is 16.7. The van der Waals surface area contributed by atoms with Crippen molar-refractivity contribution in [3.05, 3.63) is 60.2 Å². The Morgan fingerprint density at radius 2 is 1.89 bits per heavy atom. The van der Waals surface area contributed by atoms with Crippen LogP contribution in [0.5, 0.6) is 5.75 Å². The summed E-state index contributed by atoms with van der Waals surface area (Å²) < 4.78 is 16.8. The second-order valence-corrected chi connectivity index (χ2v) is 6.92. The van der Waals surface area contributed by atoms with E-state index in [9.17, 15) is 4.79 Å². The van der Waals surface area contributed by atoms with Gasteiger partial charge in [0, 0.05) is 12.2 Å². The third-order valence-electron chi connectivity index (χ3n) is 4.41. The number of benzene rings is 2. The number of anilines is 1. The summed E-state index contributed by atoms with van der Waals surface area (Å²) in [5.41, 5.74) is 1.85. The molecule has 2 aromatic rings. The van der Waals surface area contributed by atoms with Crippen molar-refractivity contribution in [2.75, 3.05) is 19.0 Å². The maximum absolute atomic E-state index is 12.9. The van der Waals surface area contributed by atoms with E-state index in [1.807, 2.05) is 68.4 Å². The number of nitrogens with one attached hydrogen (secondary N) is 2. The molecule has 6 heteroatoms. The Balaban J connectivity index is 1.71. The van der Waals surface area contributed by atoms with Gasteiger partial charge in [-0.25, -0.2) is 0 Å². The van der Waals surface area contributed by atoms with Gasteiger partial charge in [-0.2, -0.15) is 0 Å². The number of amides is 1. The van der Waals surface area contributed by atoms with Crippen LogP contribution in [0.3, 0.4) is 0 Å². The van der Waals surface area contributed by atoms with Gasteiger partial charge < -0.3 is 24.8 Å². The number of carbonyl (C=O) groups is 1. The van der Waals surface area contributed by atoms with Gasteiger partial charge in [-0.15, -0.1) is 0 Å². The van der Waals surface area contributed by atoms with Crippen LogP contribution in [0.1, 0.15) is 19.4 Å². The second-order valence-electron chi connectivity index (χ2n) is 6.92. The zero-order valence-corrected chi connectivity index (χ0v) is 15.9. The van der Waals surface area contributed by atoms with Crippen LogP contribution >= 0.6 is 0 Å². The molecule has 0 radical (unpaired) electrons. The quantitative estimate of drug-likeness (QED) is 0.784. The van der Waals surface area contributed by atoms with Crippen molar-refractivity contribution >= 4 is 11.6 Å². The van der Waals surface area contributed by atoms with E-state index < -0.39 is 17.9 Å². The first-order chi connectivity index (χ1) is 13.0. The maximum Gasteiger partial charge on any atom is 0.245 e. The zero-order chi connectivity index (χ0) is 19.3. The number of hydrogen-bond acceptors (Lipinski definition) is 5. The summed E-state index contributed by atoms with van der Waals surface area (Å²) in [5, 5.41) is 6.26. The average Bonchev–Trinajstić information content (AvgIpc) is 3.05. The van der Waals surface area contributed by atoms with Crippen LogP contribution < -0.4 is 15.4 Å². The lowest BCUT2D eigenvalue weighted by Crippen LogP contribution is -2.48. The highest BCUT2D eigenvalue weighted by Gasteiger charge is 2.40. The molecule has 0 saturated carbocycles. The van der Waals surface area contributed by atoms with Crippen LogP contribution in [-0.2, 0) is 20.8 Å². The number of rotatable bonds is 7. The largest absolute Gasteiger partial charge is 0.497 e. The first kappa shape index (κ1) is 19.2. The second kappa shape index (κ2) is 8.41. The molecule has 0 aromatic heterocycles. The summed E-state index contributed by atoms with van der Waals surface area (Å²) in [6, 6.07) is 16.7. The average molecular weight is 370 g/mol. The first-order valence-corrected chi connectivity index (χ1v) is 9.01. The third-order valence-corrected chi connectivity index (χ3v) is 4.41. The lowest BCUT2D eigenvalue weighted by Gasteiger charge is -2.25. The van der Waals surface area contributed by atoms with Crippen molar-refractivity contribution < 1.29 is 19.0 Å². The molecular weight excluding hydrogens is 344 g/mol. The molecule has 0 aliphatic carbocycles. The fraction of sp³-hybridized carbons (Fsp3) is 0.381. The standard InChI is InChI=1S/C21H26N2O4/c1-21(2)26-14-18(27-21)19(23-16-9-11-17(25-3)12-10-16)20(24)22-13-15-7-5-4-6-8-15/h4-12,18-19,23H,13-14H2,1-3H3,(H,22,24)/t18?,19-/m0/s1. The monoisotopic (exact) mass is 370 g/mol. The Kier molecular flexibility index (Phi) is 5.98. The van der Waals surface area contributed by atoms with E-state index in [1.165, 1.54) is 0 Å². The lowest BCUT2D eigenvalue weighted by molar-refractivity contribution is -0.144. The molecule has 2 aromatic carbocycles. The third kappa shape index (κ3) is 5.21. The topological polar surface area (TPSA) is 68.8 Å². The van der Waals surface area contributed by atoms with Crippen LogP contribution in [0.2, 0.25) is 0 Å². The Labute approximate surface area is 159 Å². The molecule has 3 rings (SSSR count). The van der Waals surface area contributed by atoms with E-state index in [-0.39, 0.29) is 5.91 Å². The SMILES string of the molecule is COc1ccc(N[C@H](C(=O)NCc2ccccc2)C2COC(C)(C)O2)cc1. The van der Waals surface area contributed by atoms with Crippen molar-refractivity contribution in [3.63, 3.8) is 0 Å². The molecule has 0 spiro atoms. The molecular formula is C21H26N2O4. The Morgan fingerprint density at radius 1 is 1.19 bits per heavy atom. The summed E-state index contributed by atoms with van der Waals surface area (Å²) in [6.45, 7) is 4.50. The van der Waals surface area contributed by atoms with Crippen LogP contribution in [0.25, 0.3) is 0 Å². The summed E-state index contributed by atoms with van der Waals surface area (Å²) in [7, 11) is 1.62. The Bertz CT molecular complexity index is 747. The number of methoxy groups -OCH3 is 1. The van der Waals surface area contributed by atoms with Crippen molar-refractivity contribution in [2.24, 2.45) is 0 Å². The Morgan fingerprint density at radius 3 is 2.48 bits per heavy atom. The van der Waals surface area contributed by atoms with E-state index in [2.05, 4.69) is 10.6 Å². The maximum atomic E-state index is 12.9. The summed E-state index contributed by atoms with van der Waals surface area (Å²) in [4.78, 5) is 12.9. The van der Waals surface area contributed by atoms with Crippen LogP contribution in [-0.4, -0.2) is 37.6 Å². The number of ether oxygens (including phenoxy) is 3. The van der Waals surface area contributed by atoms with E-state index in [0.717, 1.165) is 17.0 Å². The van der Waals surface area contributed by atoms with Gasteiger partial charge in [-0.1, -0.05) is 30.3 Å². The molecule has 1 amide bonds. The fourth-order valence-corrected chi connectivity index (χ4v) is 2.97. The highest BCUT2D eigenvalue weighted by molar-refractivity contribution is 5.85. The van der Waals surface area contributed by atoms with Crippen molar-refractivity contribution in [1.82, 2.24) is 5.32 Å². The Hall–Kier alpha value is -2.57. The smallest absolute Gasteiger partial charge is 0.245 e. The first-order valence-electron chi connectivity index (χ1n) is 9.01. The summed E-state index contributed by atoms with van der Waals surface area (Å²) in [5.74, 6) is -0.0855. The van der Waals surface area contributed by atoms with Gasteiger partial charge in [0.05, 0.1) is 13.7 Å². The van der Waals surface area contributed by atoms with E-state index in [1.54, 1.807) is 7.11 Å². The predicted molar refractivity (Wildman–Crippen MR) is 104 cm³/mol. The zero-order valence-electron chi connectivity index (χ0n) is 15.9. The molecule has 1 unspecified atom stereocenters. The number of hydrogen-bond donors (Lipinski definition) is 2. The molecule has 2 atom stereocenters. The van der Waals surface area contributed by atoms with E-state index in [0.29, 0.717) is 13.2 Å². The van der Waals surface area contributed by atoms with Gasteiger partial charge in [0.1, 0.15) is 17.9 Å². The highest BCUT2D eigenvalue weighted by Crippen LogP contribution is 2.26. The number of carbonyl (C=O) groups excluding carboxylic acids is 1. The molecule has 1 aliphatic rings. The minimum atomic E-state index is -0.704. The van der Waals surface area contributed by atoms with Gasteiger partial charge in [0.2, 0.25) is 5.91 Å². The molecule has 144 valence electrons. The van der Waals surface area contributed by atoms with Crippen LogP contribution in [0.4, 0.5) is 5.69 Å². The van der Waals surface area contributed by atoms with Gasteiger partial charge in [0.15, 0.2) is 5.79 Å². The normalized spacial score (nSPS) is 19.3. The minimum Gasteiger partial charge on any atom is -0.497 e. The molecule has 27 heavy (non-hydrogen) atoms.